The Hall–Kier alpha value is -1.25. The van der Waals surface area contributed by atoms with Gasteiger partial charge in [0.1, 0.15) is 0 Å². The van der Waals surface area contributed by atoms with Gasteiger partial charge >= 0.3 is 0 Å². The van der Waals surface area contributed by atoms with E-state index in [1.807, 2.05) is 6.92 Å². The molecule has 0 radical (unpaired) electrons. The molecule has 72 valence electrons. The summed E-state index contributed by atoms with van der Waals surface area (Å²) in [7, 11) is 0. The molecule has 0 amide bonds. The number of nitrogens with zero attached hydrogens (tertiary/aromatic N) is 2. The minimum Gasteiger partial charge on any atom is -0.246 e. The van der Waals surface area contributed by atoms with Crippen molar-refractivity contribution in [2.75, 3.05) is 0 Å². The van der Waals surface area contributed by atoms with Gasteiger partial charge in [0.05, 0.1) is 0 Å². The average Bonchev–Trinajstić information content (AvgIpc) is 1.95. The van der Waals surface area contributed by atoms with Gasteiger partial charge in [-0.25, -0.2) is 14.4 Å². The fraction of sp³-hybridized carbons (Fsp3) is 0.400. The summed E-state index contributed by atoms with van der Waals surface area (Å²) in [6.07, 6.45) is 3.14. The number of aliphatic imine (C=N–C) groups is 2. The molecule has 0 saturated heterocycles. The standard InChI is InChI=1S/C10H15FN2/c1-8(2)6-7-13-9(12-5)10(3,4)11/h6-7H,1,5H2,2-4H3/b7-6+,13-9?. The van der Waals surface area contributed by atoms with E-state index in [4.69, 9.17) is 0 Å². The summed E-state index contributed by atoms with van der Waals surface area (Å²) in [5.41, 5.74) is -0.704. The number of hydrogen-bond donors (Lipinski definition) is 0. The van der Waals surface area contributed by atoms with Crippen LogP contribution < -0.4 is 0 Å². The van der Waals surface area contributed by atoms with Crippen LogP contribution in [0.25, 0.3) is 0 Å². The summed E-state index contributed by atoms with van der Waals surface area (Å²) in [4.78, 5) is 7.32. The summed E-state index contributed by atoms with van der Waals surface area (Å²) in [5.74, 6) is 0.0741. The fourth-order valence-electron chi connectivity index (χ4n) is 0.617. The topological polar surface area (TPSA) is 24.7 Å². The van der Waals surface area contributed by atoms with Crippen LogP contribution in [0.5, 0.6) is 0 Å². The largest absolute Gasteiger partial charge is 0.246 e. The van der Waals surface area contributed by atoms with Gasteiger partial charge in [0, 0.05) is 6.20 Å². The first-order valence-electron chi connectivity index (χ1n) is 3.94. The zero-order valence-electron chi connectivity index (χ0n) is 8.34. The SMILES string of the molecule is C=NC(=N/C=C/C(=C)C)C(C)(C)F. The van der Waals surface area contributed by atoms with Crippen LogP contribution in [0.3, 0.4) is 0 Å². The van der Waals surface area contributed by atoms with Crippen LogP contribution >= 0.6 is 0 Å². The zero-order valence-corrected chi connectivity index (χ0v) is 8.34. The molecule has 3 heteroatoms. The van der Waals surface area contributed by atoms with Gasteiger partial charge in [-0.2, -0.15) is 0 Å². The Balaban J connectivity index is 4.60. The van der Waals surface area contributed by atoms with Crippen molar-refractivity contribution in [2.24, 2.45) is 9.98 Å². The number of hydrogen-bond acceptors (Lipinski definition) is 1. The van der Waals surface area contributed by atoms with Gasteiger partial charge in [-0.1, -0.05) is 12.2 Å². The molecule has 0 N–H and O–H groups in total. The van der Waals surface area contributed by atoms with Gasteiger partial charge in [-0.05, 0) is 33.6 Å². The summed E-state index contributed by atoms with van der Waals surface area (Å²) in [6, 6.07) is 0. The maximum atomic E-state index is 13.3. The smallest absolute Gasteiger partial charge is 0.164 e. The van der Waals surface area contributed by atoms with Gasteiger partial charge in [-0.3, -0.25) is 0 Å². The Morgan fingerprint density at radius 1 is 1.46 bits per heavy atom. The first-order chi connectivity index (χ1) is 5.88. The summed E-state index contributed by atoms with van der Waals surface area (Å²) in [6.45, 7) is 11.5. The summed E-state index contributed by atoms with van der Waals surface area (Å²) in [5, 5.41) is 0. The van der Waals surface area contributed by atoms with Crippen LogP contribution in [0, 0.1) is 0 Å². The molecule has 0 atom stereocenters. The Morgan fingerprint density at radius 2 is 2.00 bits per heavy atom. The van der Waals surface area contributed by atoms with Crippen LogP contribution in [0.15, 0.2) is 34.4 Å². The monoisotopic (exact) mass is 182 g/mol. The molecule has 13 heavy (non-hydrogen) atoms. The van der Waals surface area contributed by atoms with E-state index in [2.05, 4.69) is 23.3 Å². The molecule has 0 aliphatic rings. The number of rotatable bonds is 3. The lowest BCUT2D eigenvalue weighted by molar-refractivity contribution is 0.311. The van der Waals surface area contributed by atoms with E-state index in [1.165, 1.54) is 20.0 Å². The number of amidine groups is 1. The van der Waals surface area contributed by atoms with Crippen LogP contribution in [0.1, 0.15) is 20.8 Å². The highest BCUT2D eigenvalue weighted by atomic mass is 19.1. The first kappa shape index (κ1) is 11.8. The lowest BCUT2D eigenvalue weighted by atomic mass is 10.1. The molecule has 0 aliphatic carbocycles. The summed E-state index contributed by atoms with van der Waals surface area (Å²) >= 11 is 0. The third kappa shape index (κ3) is 5.06. The highest BCUT2D eigenvalue weighted by molar-refractivity contribution is 5.93. The third-order valence-electron chi connectivity index (χ3n) is 1.24. The second-order valence-corrected chi connectivity index (χ2v) is 3.25. The number of halogens is 1. The molecule has 0 saturated carbocycles. The van der Waals surface area contributed by atoms with Crippen molar-refractivity contribution < 1.29 is 4.39 Å². The minimum absolute atomic E-state index is 0.0741. The lowest BCUT2D eigenvalue weighted by Gasteiger charge is -2.11. The van der Waals surface area contributed by atoms with E-state index in [0.717, 1.165) is 5.57 Å². The van der Waals surface area contributed by atoms with Gasteiger partial charge in [0.25, 0.3) is 0 Å². The lowest BCUT2D eigenvalue weighted by Crippen LogP contribution is -2.23. The Labute approximate surface area is 78.6 Å². The van der Waals surface area contributed by atoms with Gasteiger partial charge in [0.15, 0.2) is 11.5 Å². The van der Waals surface area contributed by atoms with Crippen molar-refractivity contribution in [3.8, 4) is 0 Å². The average molecular weight is 182 g/mol. The van der Waals surface area contributed by atoms with Gasteiger partial charge < -0.3 is 0 Å². The van der Waals surface area contributed by atoms with Crippen molar-refractivity contribution in [1.82, 2.24) is 0 Å². The molecular formula is C10H15FN2. The molecule has 0 aliphatic heterocycles. The van der Waals surface area contributed by atoms with Crippen LogP contribution in [-0.2, 0) is 0 Å². The Kier molecular flexibility index (Phi) is 4.25. The van der Waals surface area contributed by atoms with E-state index < -0.39 is 5.67 Å². The molecule has 0 bridgehead atoms. The van der Waals surface area contributed by atoms with E-state index in [-0.39, 0.29) is 5.84 Å². The molecular weight excluding hydrogens is 167 g/mol. The molecule has 0 unspecified atom stereocenters. The number of alkyl halides is 1. The Morgan fingerprint density at radius 3 is 2.31 bits per heavy atom. The van der Waals surface area contributed by atoms with Crippen molar-refractivity contribution >= 4 is 12.6 Å². The van der Waals surface area contributed by atoms with E-state index >= 15 is 0 Å². The fourth-order valence-corrected chi connectivity index (χ4v) is 0.617. The van der Waals surface area contributed by atoms with Crippen LogP contribution in [0.4, 0.5) is 4.39 Å². The normalized spacial score (nSPS) is 13.4. The van der Waals surface area contributed by atoms with Gasteiger partial charge in [-0.15, -0.1) is 0 Å². The maximum absolute atomic E-state index is 13.3. The second-order valence-electron chi connectivity index (χ2n) is 3.25. The van der Waals surface area contributed by atoms with Crippen LogP contribution in [-0.4, -0.2) is 18.2 Å². The molecule has 0 fully saturated rings. The van der Waals surface area contributed by atoms with Crippen molar-refractivity contribution in [2.45, 2.75) is 26.4 Å². The van der Waals surface area contributed by atoms with Gasteiger partial charge in [0.2, 0.25) is 0 Å². The molecule has 0 aromatic heterocycles. The maximum Gasteiger partial charge on any atom is 0.164 e. The summed E-state index contributed by atoms with van der Waals surface area (Å²) < 4.78 is 13.3. The highest BCUT2D eigenvalue weighted by Crippen LogP contribution is 2.12. The predicted octanol–water partition coefficient (Wildman–Crippen LogP) is 2.92. The molecule has 0 spiro atoms. The van der Waals surface area contributed by atoms with E-state index in [1.54, 1.807) is 6.08 Å². The molecule has 2 nitrogen and oxygen atoms in total. The highest BCUT2D eigenvalue weighted by Gasteiger charge is 2.22. The minimum atomic E-state index is -1.55. The molecule has 0 aromatic carbocycles. The van der Waals surface area contributed by atoms with E-state index in [9.17, 15) is 4.39 Å². The van der Waals surface area contributed by atoms with Crippen LogP contribution in [0.2, 0.25) is 0 Å². The first-order valence-corrected chi connectivity index (χ1v) is 3.94. The molecule has 0 aromatic rings. The molecule has 0 heterocycles. The third-order valence-corrected chi connectivity index (χ3v) is 1.24. The second kappa shape index (κ2) is 4.70. The molecule has 0 rings (SSSR count). The number of allylic oxidation sites excluding steroid dienone is 2. The quantitative estimate of drug-likeness (QED) is 0.364. The predicted molar refractivity (Wildman–Crippen MR) is 56.1 cm³/mol. The van der Waals surface area contributed by atoms with Crippen molar-refractivity contribution in [3.63, 3.8) is 0 Å². The van der Waals surface area contributed by atoms with Crippen molar-refractivity contribution in [3.05, 3.63) is 24.4 Å². The van der Waals surface area contributed by atoms with Crippen molar-refractivity contribution in [1.29, 1.82) is 0 Å². The Bertz CT molecular complexity index is 257. The zero-order chi connectivity index (χ0) is 10.5. The van der Waals surface area contributed by atoms with E-state index in [0.29, 0.717) is 0 Å².